The molecule has 0 spiro atoms. The fourth-order valence-electron chi connectivity index (χ4n) is 2.63. The lowest BCUT2D eigenvalue weighted by atomic mass is 10.1. The summed E-state index contributed by atoms with van der Waals surface area (Å²) in [5, 5.41) is 9.44. The summed E-state index contributed by atoms with van der Waals surface area (Å²) in [6, 6.07) is 10.6. The van der Waals surface area contributed by atoms with Crippen LogP contribution in [0.4, 0.5) is 18.9 Å². The number of rotatable bonds is 6. The summed E-state index contributed by atoms with van der Waals surface area (Å²) < 4.78 is 41.9. The number of hydrogen-bond acceptors (Lipinski definition) is 6. The number of halogens is 3. The van der Waals surface area contributed by atoms with E-state index >= 15 is 0 Å². The Labute approximate surface area is 163 Å². The minimum atomic E-state index is -4.69. The molecule has 3 aromatic rings. The van der Waals surface area contributed by atoms with E-state index in [1.165, 1.54) is 6.20 Å². The monoisotopic (exact) mass is 403 g/mol. The van der Waals surface area contributed by atoms with Crippen LogP contribution >= 0.6 is 0 Å². The molecule has 1 amide bonds. The van der Waals surface area contributed by atoms with Gasteiger partial charge in [-0.1, -0.05) is 17.3 Å². The lowest BCUT2D eigenvalue weighted by Crippen LogP contribution is -2.26. The Morgan fingerprint density at radius 2 is 1.97 bits per heavy atom. The van der Waals surface area contributed by atoms with Crippen molar-refractivity contribution in [3.63, 3.8) is 0 Å². The number of amides is 1. The van der Waals surface area contributed by atoms with E-state index in [9.17, 15) is 18.0 Å². The van der Waals surface area contributed by atoms with Crippen molar-refractivity contribution in [3.8, 4) is 11.4 Å². The maximum atomic E-state index is 12.6. The number of anilines is 1. The Kier molecular flexibility index (Phi) is 4.91. The SMILES string of the molecule is O=C(NC1CC1)c1ccccc1NCc1ccc(-c2noc(C(F)(F)F)n2)cn1. The zero-order valence-corrected chi connectivity index (χ0v) is 15.0. The highest BCUT2D eigenvalue weighted by molar-refractivity contribution is 5.99. The normalized spacial score (nSPS) is 13.9. The van der Waals surface area contributed by atoms with Gasteiger partial charge in [0.2, 0.25) is 5.82 Å². The summed E-state index contributed by atoms with van der Waals surface area (Å²) >= 11 is 0. The van der Waals surface area contributed by atoms with Crippen molar-refractivity contribution >= 4 is 11.6 Å². The smallest absolute Gasteiger partial charge is 0.379 e. The summed E-state index contributed by atoms with van der Waals surface area (Å²) in [7, 11) is 0. The summed E-state index contributed by atoms with van der Waals surface area (Å²) in [6.45, 7) is 0.327. The molecule has 150 valence electrons. The average Bonchev–Trinajstić information content (AvgIpc) is 3.36. The number of benzene rings is 1. The molecule has 10 heteroatoms. The molecule has 1 saturated carbocycles. The van der Waals surface area contributed by atoms with Gasteiger partial charge in [-0.15, -0.1) is 0 Å². The zero-order valence-electron chi connectivity index (χ0n) is 15.0. The Bertz CT molecular complexity index is 1010. The number of nitrogens with one attached hydrogen (secondary N) is 2. The van der Waals surface area contributed by atoms with E-state index in [0.29, 0.717) is 29.1 Å². The fraction of sp³-hybridized carbons (Fsp3) is 0.263. The van der Waals surface area contributed by atoms with Gasteiger partial charge in [0.1, 0.15) is 0 Å². The Balaban J connectivity index is 1.42. The number of alkyl halides is 3. The van der Waals surface area contributed by atoms with Gasteiger partial charge in [0.15, 0.2) is 0 Å². The average molecular weight is 403 g/mol. The van der Waals surface area contributed by atoms with Crippen LogP contribution in [-0.4, -0.2) is 27.1 Å². The maximum absolute atomic E-state index is 12.6. The van der Waals surface area contributed by atoms with Crippen molar-refractivity contribution in [2.45, 2.75) is 31.6 Å². The third-order valence-corrected chi connectivity index (χ3v) is 4.30. The second kappa shape index (κ2) is 7.53. The van der Waals surface area contributed by atoms with Gasteiger partial charge in [-0.3, -0.25) is 9.78 Å². The minimum absolute atomic E-state index is 0.128. The fourth-order valence-corrected chi connectivity index (χ4v) is 2.63. The highest BCUT2D eigenvalue weighted by Crippen LogP contribution is 2.29. The van der Waals surface area contributed by atoms with Gasteiger partial charge >= 0.3 is 12.1 Å². The van der Waals surface area contributed by atoms with E-state index < -0.39 is 12.1 Å². The van der Waals surface area contributed by atoms with Crippen LogP contribution in [0.5, 0.6) is 0 Å². The van der Waals surface area contributed by atoms with Crippen LogP contribution in [0.2, 0.25) is 0 Å². The summed E-state index contributed by atoms with van der Waals surface area (Å²) in [6.07, 6.45) is -1.32. The molecule has 0 atom stereocenters. The molecule has 2 heterocycles. The van der Waals surface area contributed by atoms with Crippen LogP contribution in [0.1, 0.15) is 34.8 Å². The van der Waals surface area contributed by atoms with Crippen molar-refractivity contribution in [3.05, 3.63) is 59.7 Å². The molecular formula is C19H16F3N5O2. The Morgan fingerprint density at radius 1 is 1.17 bits per heavy atom. The van der Waals surface area contributed by atoms with E-state index in [4.69, 9.17) is 0 Å². The molecule has 1 aliphatic rings. The Morgan fingerprint density at radius 3 is 2.62 bits per heavy atom. The molecular weight excluding hydrogens is 387 g/mol. The largest absolute Gasteiger partial charge is 0.471 e. The van der Waals surface area contributed by atoms with Crippen LogP contribution in [0.25, 0.3) is 11.4 Å². The molecule has 1 aromatic carbocycles. The molecule has 2 N–H and O–H groups in total. The maximum Gasteiger partial charge on any atom is 0.471 e. The van der Waals surface area contributed by atoms with Crippen LogP contribution in [0.15, 0.2) is 47.1 Å². The number of nitrogens with zero attached hydrogens (tertiary/aromatic N) is 3. The van der Waals surface area contributed by atoms with Gasteiger partial charge in [0, 0.05) is 23.5 Å². The molecule has 2 aromatic heterocycles. The highest BCUT2D eigenvalue weighted by atomic mass is 19.4. The number of aromatic nitrogens is 3. The second-order valence-corrected chi connectivity index (χ2v) is 6.61. The summed E-state index contributed by atoms with van der Waals surface area (Å²) in [5.41, 5.74) is 2.15. The molecule has 29 heavy (non-hydrogen) atoms. The van der Waals surface area contributed by atoms with Crippen LogP contribution in [0, 0.1) is 0 Å². The summed E-state index contributed by atoms with van der Waals surface area (Å²) in [4.78, 5) is 19.9. The van der Waals surface area contributed by atoms with Crippen molar-refractivity contribution in [1.82, 2.24) is 20.4 Å². The zero-order chi connectivity index (χ0) is 20.4. The van der Waals surface area contributed by atoms with Crippen molar-refractivity contribution < 1.29 is 22.5 Å². The van der Waals surface area contributed by atoms with Gasteiger partial charge in [-0.25, -0.2) is 0 Å². The van der Waals surface area contributed by atoms with Gasteiger partial charge in [-0.05, 0) is 37.1 Å². The van der Waals surface area contributed by atoms with Gasteiger partial charge < -0.3 is 15.2 Å². The third-order valence-electron chi connectivity index (χ3n) is 4.30. The molecule has 1 aliphatic carbocycles. The van der Waals surface area contributed by atoms with Crippen molar-refractivity contribution in [2.24, 2.45) is 0 Å². The lowest BCUT2D eigenvalue weighted by molar-refractivity contribution is -0.159. The Hall–Kier alpha value is -3.43. The lowest BCUT2D eigenvalue weighted by Gasteiger charge is -2.12. The topological polar surface area (TPSA) is 92.9 Å². The van der Waals surface area contributed by atoms with Gasteiger partial charge in [0.05, 0.1) is 17.8 Å². The first-order valence-corrected chi connectivity index (χ1v) is 8.90. The third kappa shape index (κ3) is 4.53. The highest BCUT2D eigenvalue weighted by Gasteiger charge is 2.38. The van der Waals surface area contributed by atoms with Gasteiger partial charge in [-0.2, -0.15) is 18.2 Å². The molecule has 7 nitrogen and oxygen atoms in total. The first-order chi connectivity index (χ1) is 13.9. The van der Waals surface area contributed by atoms with Crippen LogP contribution < -0.4 is 10.6 Å². The van der Waals surface area contributed by atoms with E-state index in [-0.39, 0.29) is 17.8 Å². The molecule has 0 bridgehead atoms. The number of carbonyl (C=O) groups excluding carboxylic acids is 1. The second-order valence-electron chi connectivity index (χ2n) is 6.61. The molecule has 0 radical (unpaired) electrons. The first-order valence-electron chi connectivity index (χ1n) is 8.90. The molecule has 0 aliphatic heterocycles. The first kappa shape index (κ1) is 18.9. The molecule has 0 saturated heterocycles. The predicted molar refractivity (Wildman–Crippen MR) is 96.8 cm³/mol. The van der Waals surface area contributed by atoms with Gasteiger partial charge in [0.25, 0.3) is 5.91 Å². The molecule has 0 unspecified atom stereocenters. The number of pyridine rings is 1. The van der Waals surface area contributed by atoms with Crippen molar-refractivity contribution in [2.75, 3.05) is 5.32 Å². The molecule has 1 fully saturated rings. The van der Waals surface area contributed by atoms with E-state index in [1.807, 2.05) is 6.07 Å². The molecule has 4 rings (SSSR count). The number of carbonyl (C=O) groups is 1. The van der Waals surface area contributed by atoms with E-state index in [0.717, 1.165) is 12.8 Å². The quantitative estimate of drug-likeness (QED) is 0.653. The van der Waals surface area contributed by atoms with E-state index in [2.05, 4.69) is 30.3 Å². The standard InChI is InChI=1S/C19H16F3N5O2/c20-19(21,22)18-26-16(27-29-18)11-5-6-13(23-9-11)10-24-15-4-2-1-3-14(15)17(28)25-12-7-8-12/h1-6,9,12,24H,7-8,10H2,(H,25,28). The summed E-state index contributed by atoms with van der Waals surface area (Å²) in [5.74, 6) is -1.72. The number of hydrogen-bond donors (Lipinski definition) is 2. The van der Waals surface area contributed by atoms with Crippen molar-refractivity contribution in [1.29, 1.82) is 0 Å². The van der Waals surface area contributed by atoms with Crippen LogP contribution in [-0.2, 0) is 12.7 Å². The van der Waals surface area contributed by atoms with Crippen LogP contribution in [0.3, 0.4) is 0 Å². The van der Waals surface area contributed by atoms with E-state index in [1.54, 1.807) is 30.3 Å². The minimum Gasteiger partial charge on any atom is -0.379 e. The predicted octanol–water partition coefficient (Wildman–Crippen LogP) is 3.65. The number of para-hydroxylation sites is 1.